The summed E-state index contributed by atoms with van der Waals surface area (Å²) in [5.74, 6) is -2.69. The number of ether oxygens (including phenoxy) is 1. The van der Waals surface area contributed by atoms with E-state index >= 15 is 0 Å². The van der Waals surface area contributed by atoms with Gasteiger partial charge in [0.2, 0.25) is 5.91 Å². The average molecular weight is 420 g/mol. The minimum absolute atomic E-state index is 0.00616. The van der Waals surface area contributed by atoms with Crippen LogP contribution in [0.5, 0.6) is 11.5 Å². The molecule has 7 nitrogen and oxygen atoms in total. The number of hydrogen-bond donors (Lipinski definition) is 3. The van der Waals surface area contributed by atoms with Crippen LogP contribution in [0.1, 0.15) is 23.7 Å². The number of rotatable bonds is 6. The number of phenols is 1. The van der Waals surface area contributed by atoms with Crippen molar-refractivity contribution >= 4 is 46.4 Å². The highest BCUT2D eigenvalue weighted by Crippen LogP contribution is 2.39. The molecule has 2 amide bonds. The van der Waals surface area contributed by atoms with Crippen molar-refractivity contribution in [2.45, 2.75) is 20.0 Å². The minimum Gasteiger partial charge on any atom is -0.505 e. The highest BCUT2D eigenvalue weighted by Gasteiger charge is 2.23. The molecule has 0 radical (unpaired) electrons. The Hall–Kier alpha value is -2.65. The maximum Gasteiger partial charge on any atom is 0.387 e. The van der Waals surface area contributed by atoms with Gasteiger partial charge in [0.15, 0.2) is 11.5 Å². The van der Waals surface area contributed by atoms with E-state index in [9.17, 15) is 23.5 Å². The smallest absolute Gasteiger partial charge is 0.387 e. The fraction of sp³-hybridized carbons (Fsp3) is 0.188. The first-order chi connectivity index (χ1) is 12.7. The molecule has 0 spiro atoms. The molecule has 0 saturated carbocycles. The van der Waals surface area contributed by atoms with E-state index in [0.29, 0.717) is 0 Å². The van der Waals surface area contributed by atoms with E-state index in [-0.39, 0.29) is 27.7 Å². The number of carbonyl (C=O) groups is 2. The van der Waals surface area contributed by atoms with Crippen molar-refractivity contribution in [1.82, 2.24) is 4.98 Å². The maximum atomic E-state index is 12.6. The molecule has 144 valence electrons. The van der Waals surface area contributed by atoms with Crippen molar-refractivity contribution < 1.29 is 28.2 Å². The molecule has 27 heavy (non-hydrogen) atoms. The summed E-state index contributed by atoms with van der Waals surface area (Å²) in [4.78, 5) is 27.8. The maximum absolute atomic E-state index is 12.6. The second-order valence-electron chi connectivity index (χ2n) is 5.05. The number of pyridine rings is 1. The van der Waals surface area contributed by atoms with E-state index in [1.54, 1.807) is 0 Å². The molecule has 0 unspecified atom stereocenters. The van der Waals surface area contributed by atoms with Crippen LogP contribution in [-0.4, -0.2) is 28.5 Å². The summed E-state index contributed by atoms with van der Waals surface area (Å²) in [6.07, 6.45) is 2.50. The number of benzene rings is 1. The molecule has 2 aromatic rings. The Morgan fingerprint density at radius 1 is 1.19 bits per heavy atom. The van der Waals surface area contributed by atoms with Gasteiger partial charge in [0.05, 0.1) is 21.3 Å². The van der Waals surface area contributed by atoms with Crippen LogP contribution in [0.3, 0.4) is 0 Å². The van der Waals surface area contributed by atoms with Crippen molar-refractivity contribution in [3.05, 3.63) is 40.1 Å². The largest absolute Gasteiger partial charge is 0.505 e. The molecule has 0 atom stereocenters. The number of phenolic OH excluding ortho intramolecular Hbond substituents is 1. The normalized spacial score (nSPS) is 10.6. The number of amides is 2. The van der Waals surface area contributed by atoms with Gasteiger partial charge in [-0.3, -0.25) is 14.6 Å². The first-order valence-electron chi connectivity index (χ1n) is 7.45. The monoisotopic (exact) mass is 419 g/mol. The zero-order valence-corrected chi connectivity index (χ0v) is 15.2. The molecule has 0 bridgehead atoms. The van der Waals surface area contributed by atoms with Crippen molar-refractivity contribution in [3.63, 3.8) is 0 Å². The van der Waals surface area contributed by atoms with Gasteiger partial charge >= 0.3 is 6.61 Å². The molecular formula is C16H13Cl2F2N3O4. The summed E-state index contributed by atoms with van der Waals surface area (Å²) in [5, 5.41) is 15.0. The van der Waals surface area contributed by atoms with E-state index in [4.69, 9.17) is 23.2 Å². The third kappa shape index (κ3) is 4.95. The number of hydrogen-bond acceptors (Lipinski definition) is 5. The molecule has 0 aliphatic carbocycles. The van der Waals surface area contributed by atoms with Gasteiger partial charge in [-0.25, -0.2) is 0 Å². The number of halogens is 4. The van der Waals surface area contributed by atoms with Crippen LogP contribution < -0.4 is 15.4 Å². The Balaban J connectivity index is 2.43. The first-order valence-corrected chi connectivity index (χ1v) is 8.21. The van der Waals surface area contributed by atoms with Crippen molar-refractivity contribution in [3.8, 4) is 11.5 Å². The van der Waals surface area contributed by atoms with Gasteiger partial charge in [0, 0.05) is 18.8 Å². The highest BCUT2D eigenvalue weighted by molar-refractivity contribution is 6.39. The Kier molecular flexibility index (Phi) is 6.75. The van der Waals surface area contributed by atoms with E-state index in [2.05, 4.69) is 20.4 Å². The van der Waals surface area contributed by atoms with Crippen molar-refractivity contribution in [2.24, 2.45) is 0 Å². The summed E-state index contributed by atoms with van der Waals surface area (Å²) in [5.41, 5.74) is -0.738. The fourth-order valence-corrected chi connectivity index (χ4v) is 2.47. The Labute approximate surface area is 162 Å². The first kappa shape index (κ1) is 20.7. The number of carbonyl (C=O) groups excluding carboxylic acids is 2. The highest BCUT2D eigenvalue weighted by atomic mass is 35.5. The molecule has 1 aromatic carbocycles. The zero-order valence-electron chi connectivity index (χ0n) is 13.7. The molecule has 1 aromatic heterocycles. The molecule has 0 saturated heterocycles. The Bertz CT molecular complexity index is 861. The molecule has 0 aliphatic heterocycles. The number of anilines is 2. The van der Waals surface area contributed by atoms with Crippen LogP contribution in [0.4, 0.5) is 20.2 Å². The topological polar surface area (TPSA) is 101 Å². The summed E-state index contributed by atoms with van der Waals surface area (Å²) in [6, 6.07) is 2.06. The molecule has 1 heterocycles. The van der Waals surface area contributed by atoms with E-state index in [1.165, 1.54) is 19.3 Å². The summed E-state index contributed by atoms with van der Waals surface area (Å²) in [7, 11) is 0. The average Bonchev–Trinajstić information content (AvgIpc) is 2.60. The summed E-state index contributed by atoms with van der Waals surface area (Å²) in [6.45, 7) is -1.68. The number of nitrogens with zero attached hydrogens (tertiary/aromatic N) is 1. The summed E-state index contributed by atoms with van der Waals surface area (Å²) >= 11 is 11.8. The van der Waals surface area contributed by atoms with E-state index < -0.39 is 35.6 Å². The quantitative estimate of drug-likeness (QED) is 0.606. The molecule has 2 rings (SSSR count). The predicted molar refractivity (Wildman–Crippen MR) is 95.9 cm³/mol. The molecule has 3 N–H and O–H groups in total. The van der Waals surface area contributed by atoms with Crippen LogP contribution in [0, 0.1) is 0 Å². The number of aromatic hydroxyl groups is 1. The van der Waals surface area contributed by atoms with Gasteiger partial charge in [-0.1, -0.05) is 30.1 Å². The predicted octanol–water partition coefficient (Wildman–Crippen LogP) is 4.30. The van der Waals surface area contributed by atoms with Gasteiger partial charge in [-0.15, -0.1) is 0 Å². The zero-order chi connectivity index (χ0) is 20.1. The van der Waals surface area contributed by atoms with E-state index in [1.807, 2.05) is 0 Å². The lowest BCUT2D eigenvalue weighted by Crippen LogP contribution is -2.16. The second-order valence-corrected chi connectivity index (χ2v) is 5.86. The van der Waals surface area contributed by atoms with Crippen LogP contribution in [0.2, 0.25) is 10.0 Å². The van der Waals surface area contributed by atoms with Crippen molar-refractivity contribution in [2.75, 3.05) is 10.6 Å². The van der Waals surface area contributed by atoms with Crippen LogP contribution in [-0.2, 0) is 4.79 Å². The third-order valence-corrected chi connectivity index (χ3v) is 3.85. The van der Waals surface area contributed by atoms with E-state index in [0.717, 1.165) is 12.1 Å². The van der Waals surface area contributed by atoms with Gasteiger partial charge in [0.1, 0.15) is 5.69 Å². The fourth-order valence-electron chi connectivity index (χ4n) is 2.01. The number of alkyl halides is 2. The molecule has 0 aliphatic rings. The lowest BCUT2D eigenvalue weighted by atomic mass is 10.1. The molecule has 11 heteroatoms. The SMILES string of the molecule is CCC(=O)Nc1c(OC(F)F)ccc(C(=O)Nc2c(Cl)cncc2Cl)c1O. The number of nitrogens with one attached hydrogen (secondary N) is 2. The second kappa shape index (κ2) is 8.83. The lowest BCUT2D eigenvalue weighted by molar-refractivity contribution is -0.116. The van der Waals surface area contributed by atoms with Gasteiger partial charge < -0.3 is 20.5 Å². The van der Waals surface area contributed by atoms with Crippen LogP contribution in [0.25, 0.3) is 0 Å². The van der Waals surface area contributed by atoms with Crippen LogP contribution >= 0.6 is 23.2 Å². The Morgan fingerprint density at radius 3 is 2.37 bits per heavy atom. The molecular weight excluding hydrogens is 407 g/mol. The third-order valence-electron chi connectivity index (χ3n) is 3.28. The minimum atomic E-state index is -3.20. The van der Waals surface area contributed by atoms with Crippen LogP contribution in [0.15, 0.2) is 24.5 Å². The Morgan fingerprint density at radius 2 is 1.81 bits per heavy atom. The van der Waals surface area contributed by atoms with Gasteiger partial charge in [0.25, 0.3) is 5.91 Å². The lowest BCUT2D eigenvalue weighted by Gasteiger charge is -2.16. The molecule has 0 fully saturated rings. The number of aromatic nitrogens is 1. The standard InChI is InChI=1S/C16H13Cl2F2N3O4/c1-2-11(24)22-13-10(27-16(19)20)4-3-7(14(13)25)15(26)23-12-8(17)5-21-6-9(12)18/h3-6,16,25H,2H2,1H3,(H,22,24)(H,21,23,26). The van der Waals surface area contributed by atoms with Crippen molar-refractivity contribution in [1.29, 1.82) is 0 Å². The summed E-state index contributed by atoms with van der Waals surface area (Å²) < 4.78 is 29.4. The van der Waals surface area contributed by atoms with Gasteiger partial charge in [-0.2, -0.15) is 8.78 Å². The van der Waals surface area contributed by atoms with Gasteiger partial charge in [-0.05, 0) is 12.1 Å².